The van der Waals surface area contributed by atoms with E-state index in [0.717, 1.165) is 13.1 Å². The summed E-state index contributed by atoms with van der Waals surface area (Å²) in [6.07, 6.45) is 3.90. The van der Waals surface area contributed by atoms with Gasteiger partial charge in [0, 0.05) is 39.3 Å². The predicted molar refractivity (Wildman–Crippen MR) is 84.7 cm³/mol. The first kappa shape index (κ1) is 16.9. The van der Waals surface area contributed by atoms with Gasteiger partial charge in [0.2, 0.25) is 0 Å². The summed E-state index contributed by atoms with van der Waals surface area (Å²) in [5, 5.41) is 3.56. The molecule has 1 fully saturated rings. The second-order valence-electron chi connectivity index (χ2n) is 6.46. The summed E-state index contributed by atoms with van der Waals surface area (Å²) in [4.78, 5) is 5.29. The highest BCUT2D eigenvalue weighted by atomic mass is 15.3. The van der Waals surface area contributed by atoms with Gasteiger partial charge in [0.25, 0.3) is 0 Å². The average Bonchev–Trinajstić information content (AvgIpc) is 2.39. The van der Waals surface area contributed by atoms with Gasteiger partial charge in [-0.1, -0.05) is 34.1 Å². The lowest BCUT2D eigenvalue weighted by Gasteiger charge is -2.40. The van der Waals surface area contributed by atoms with E-state index in [1.165, 1.54) is 58.5 Å². The van der Waals surface area contributed by atoms with E-state index in [-0.39, 0.29) is 0 Å². The molecule has 114 valence electrons. The maximum Gasteiger partial charge on any atom is 0.0110 e. The SMILES string of the molecule is CCCN1CCN(CC(C)(CCC)CNCC)CC1. The van der Waals surface area contributed by atoms with Crippen LogP contribution in [-0.2, 0) is 0 Å². The average molecular weight is 269 g/mol. The van der Waals surface area contributed by atoms with Gasteiger partial charge in [-0.15, -0.1) is 0 Å². The number of hydrogen-bond donors (Lipinski definition) is 1. The summed E-state index contributed by atoms with van der Waals surface area (Å²) in [5.41, 5.74) is 0.442. The molecule has 0 aromatic rings. The van der Waals surface area contributed by atoms with E-state index < -0.39 is 0 Å². The second-order valence-corrected chi connectivity index (χ2v) is 6.46. The normalized spacial score (nSPS) is 21.5. The minimum absolute atomic E-state index is 0.442. The predicted octanol–water partition coefficient (Wildman–Crippen LogP) is 2.43. The van der Waals surface area contributed by atoms with E-state index in [4.69, 9.17) is 0 Å². The first-order valence-corrected chi connectivity index (χ1v) is 8.29. The fraction of sp³-hybridized carbons (Fsp3) is 1.00. The lowest BCUT2D eigenvalue weighted by Crippen LogP contribution is -2.51. The molecule has 1 unspecified atom stereocenters. The highest BCUT2D eigenvalue weighted by Gasteiger charge is 2.27. The van der Waals surface area contributed by atoms with E-state index in [2.05, 4.69) is 42.8 Å². The van der Waals surface area contributed by atoms with Crippen LogP contribution in [0.4, 0.5) is 0 Å². The molecule has 1 aliphatic heterocycles. The molecule has 3 heteroatoms. The molecule has 0 aromatic heterocycles. The number of rotatable bonds is 9. The van der Waals surface area contributed by atoms with Crippen molar-refractivity contribution in [2.45, 2.75) is 47.0 Å². The summed E-state index contributed by atoms with van der Waals surface area (Å²) < 4.78 is 0. The van der Waals surface area contributed by atoms with Crippen LogP contribution in [0.5, 0.6) is 0 Å². The molecule has 1 atom stereocenters. The molecule has 19 heavy (non-hydrogen) atoms. The molecular weight excluding hydrogens is 234 g/mol. The van der Waals surface area contributed by atoms with E-state index in [0.29, 0.717) is 5.41 Å². The van der Waals surface area contributed by atoms with Crippen molar-refractivity contribution >= 4 is 0 Å². The van der Waals surface area contributed by atoms with Crippen molar-refractivity contribution in [3.8, 4) is 0 Å². The molecule has 1 aliphatic rings. The molecule has 1 rings (SSSR count). The number of nitrogens with zero attached hydrogens (tertiary/aromatic N) is 2. The molecule has 3 nitrogen and oxygen atoms in total. The third-order valence-corrected chi connectivity index (χ3v) is 4.27. The Morgan fingerprint density at radius 2 is 1.58 bits per heavy atom. The minimum atomic E-state index is 0.442. The van der Waals surface area contributed by atoms with Crippen molar-refractivity contribution in [2.24, 2.45) is 5.41 Å². The highest BCUT2D eigenvalue weighted by Crippen LogP contribution is 2.24. The second kappa shape index (κ2) is 8.93. The van der Waals surface area contributed by atoms with Crippen LogP contribution < -0.4 is 5.32 Å². The Hall–Kier alpha value is -0.120. The van der Waals surface area contributed by atoms with Gasteiger partial charge in [-0.05, 0) is 31.3 Å². The van der Waals surface area contributed by atoms with Gasteiger partial charge < -0.3 is 15.1 Å². The Kier molecular flexibility index (Phi) is 7.96. The van der Waals surface area contributed by atoms with Crippen LogP contribution in [0.2, 0.25) is 0 Å². The Morgan fingerprint density at radius 3 is 2.11 bits per heavy atom. The maximum atomic E-state index is 3.56. The van der Waals surface area contributed by atoms with Crippen LogP contribution in [0.3, 0.4) is 0 Å². The molecule has 0 aliphatic carbocycles. The molecule has 0 bridgehead atoms. The highest BCUT2D eigenvalue weighted by molar-refractivity contribution is 4.83. The molecule has 0 saturated carbocycles. The summed E-state index contributed by atoms with van der Waals surface area (Å²) >= 11 is 0. The monoisotopic (exact) mass is 269 g/mol. The standard InChI is InChI=1S/C16H35N3/c1-5-8-16(4,14-17-7-3)15-19-12-10-18(9-6-2)11-13-19/h17H,5-15H2,1-4H3. The quantitative estimate of drug-likeness (QED) is 0.693. The van der Waals surface area contributed by atoms with Gasteiger partial charge in [0.15, 0.2) is 0 Å². The number of nitrogens with one attached hydrogen (secondary N) is 1. The van der Waals surface area contributed by atoms with Crippen LogP contribution in [0.1, 0.15) is 47.0 Å². The minimum Gasteiger partial charge on any atom is -0.316 e. The lowest BCUT2D eigenvalue weighted by molar-refractivity contribution is 0.0861. The van der Waals surface area contributed by atoms with Crippen molar-refractivity contribution in [2.75, 3.05) is 52.4 Å². The summed E-state index contributed by atoms with van der Waals surface area (Å²) in [7, 11) is 0. The first-order valence-electron chi connectivity index (χ1n) is 8.29. The van der Waals surface area contributed by atoms with Gasteiger partial charge in [0.1, 0.15) is 0 Å². The Bertz CT molecular complexity index is 224. The van der Waals surface area contributed by atoms with Crippen LogP contribution in [0, 0.1) is 5.41 Å². The van der Waals surface area contributed by atoms with Gasteiger partial charge in [-0.25, -0.2) is 0 Å². The summed E-state index contributed by atoms with van der Waals surface area (Å²) in [6.45, 7) is 19.1. The van der Waals surface area contributed by atoms with Gasteiger partial charge in [-0.2, -0.15) is 0 Å². The molecule has 1 heterocycles. The van der Waals surface area contributed by atoms with Crippen LogP contribution in [0.25, 0.3) is 0 Å². The zero-order valence-corrected chi connectivity index (χ0v) is 13.7. The summed E-state index contributed by atoms with van der Waals surface area (Å²) in [6, 6.07) is 0. The van der Waals surface area contributed by atoms with E-state index in [9.17, 15) is 0 Å². The molecule has 1 N–H and O–H groups in total. The number of piperazine rings is 1. The van der Waals surface area contributed by atoms with Crippen molar-refractivity contribution in [3.05, 3.63) is 0 Å². The van der Waals surface area contributed by atoms with Crippen molar-refractivity contribution in [3.63, 3.8) is 0 Å². The van der Waals surface area contributed by atoms with Crippen LogP contribution in [0.15, 0.2) is 0 Å². The zero-order chi connectivity index (χ0) is 14.1. The fourth-order valence-electron chi connectivity index (χ4n) is 3.28. The number of hydrogen-bond acceptors (Lipinski definition) is 3. The Balaban J connectivity index is 2.38. The van der Waals surface area contributed by atoms with E-state index in [1.54, 1.807) is 0 Å². The fourth-order valence-corrected chi connectivity index (χ4v) is 3.28. The van der Waals surface area contributed by atoms with E-state index in [1.807, 2.05) is 0 Å². The van der Waals surface area contributed by atoms with Crippen molar-refractivity contribution in [1.29, 1.82) is 0 Å². The Labute approximate surface area is 120 Å². The molecule has 0 aromatic carbocycles. The third-order valence-electron chi connectivity index (χ3n) is 4.27. The van der Waals surface area contributed by atoms with Crippen LogP contribution in [-0.4, -0.2) is 62.2 Å². The smallest absolute Gasteiger partial charge is 0.0110 e. The zero-order valence-electron chi connectivity index (χ0n) is 13.7. The van der Waals surface area contributed by atoms with Crippen molar-refractivity contribution < 1.29 is 0 Å². The molecule has 1 saturated heterocycles. The molecule has 0 spiro atoms. The largest absolute Gasteiger partial charge is 0.316 e. The van der Waals surface area contributed by atoms with Crippen LogP contribution >= 0.6 is 0 Å². The first-order chi connectivity index (χ1) is 9.13. The van der Waals surface area contributed by atoms with Crippen molar-refractivity contribution in [1.82, 2.24) is 15.1 Å². The summed E-state index contributed by atoms with van der Waals surface area (Å²) in [5.74, 6) is 0. The molecular formula is C16H35N3. The topological polar surface area (TPSA) is 18.5 Å². The molecule has 0 radical (unpaired) electrons. The van der Waals surface area contributed by atoms with Gasteiger partial charge in [0.05, 0.1) is 0 Å². The maximum absolute atomic E-state index is 3.56. The van der Waals surface area contributed by atoms with Gasteiger partial charge in [-0.3, -0.25) is 0 Å². The third kappa shape index (κ3) is 6.24. The van der Waals surface area contributed by atoms with E-state index >= 15 is 0 Å². The molecule has 0 amide bonds. The van der Waals surface area contributed by atoms with Gasteiger partial charge >= 0.3 is 0 Å². The Morgan fingerprint density at radius 1 is 0.947 bits per heavy atom. The lowest BCUT2D eigenvalue weighted by atomic mass is 9.84.